The van der Waals surface area contributed by atoms with Gasteiger partial charge in [-0.1, -0.05) is 12.1 Å². The lowest BCUT2D eigenvalue weighted by atomic mass is 10.1. The van der Waals surface area contributed by atoms with Gasteiger partial charge in [-0.15, -0.1) is 0 Å². The van der Waals surface area contributed by atoms with E-state index < -0.39 is 6.10 Å². The quantitative estimate of drug-likeness (QED) is 0.562. The van der Waals surface area contributed by atoms with Crippen molar-refractivity contribution in [2.45, 2.75) is 13.0 Å². The van der Waals surface area contributed by atoms with Crippen molar-refractivity contribution in [3.63, 3.8) is 0 Å². The molecular weight excluding hydrogens is 152 g/mol. The summed E-state index contributed by atoms with van der Waals surface area (Å²) in [6.45, 7) is 2.15. The maximum atomic E-state index is 9.36. The van der Waals surface area contributed by atoms with Gasteiger partial charge in [-0.2, -0.15) is 0 Å². The molecule has 0 aromatic heterocycles. The van der Waals surface area contributed by atoms with Crippen LogP contribution < -0.4 is 11.5 Å². The minimum absolute atomic E-state index is 0.225. The molecule has 12 heavy (non-hydrogen) atoms. The highest BCUT2D eigenvalue weighted by atomic mass is 16.3. The predicted octanol–water partition coefficient (Wildman–Crippen LogP) is 0.569. The Morgan fingerprint density at radius 3 is 2.67 bits per heavy atom. The maximum absolute atomic E-state index is 9.36. The number of aryl methyl sites for hydroxylation is 1. The van der Waals surface area contributed by atoms with Crippen LogP contribution in [0.2, 0.25) is 0 Å². The highest BCUT2D eigenvalue weighted by Crippen LogP contribution is 2.17. The molecule has 5 N–H and O–H groups in total. The van der Waals surface area contributed by atoms with E-state index in [4.69, 9.17) is 11.5 Å². The molecule has 1 aromatic rings. The van der Waals surface area contributed by atoms with Gasteiger partial charge in [-0.3, -0.25) is 0 Å². The Kier molecular flexibility index (Phi) is 2.68. The Balaban J connectivity index is 2.96. The summed E-state index contributed by atoms with van der Waals surface area (Å²) in [7, 11) is 0. The number of hydrogen-bond acceptors (Lipinski definition) is 3. The fourth-order valence-electron chi connectivity index (χ4n) is 1.00. The SMILES string of the molecule is Cc1ccc(C(O)CN)cc1N. The Morgan fingerprint density at radius 2 is 2.17 bits per heavy atom. The summed E-state index contributed by atoms with van der Waals surface area (Å²) in [5.41, 5.74) is 13.5. The third-order valence-electron chi connectivity index (χ3n) is 1.91. The van der Waals surface area contributed by atoms with E-state index in [0.717, 1.165) is 11.1 Å². The van der Waals surface area contributed by atoms with Crippen LogP contribution in [0.1, 0.15) is 17.2 Å². The van der Waals surface area contributed by atoms with Crippen molar-refractivity contribution >= 4 is 5.69 Å². The molecule has 3 heteroatoms. The zero-order valence-corrected chi connectivity index (χ0v) is 7.12. The first-order valence-corrected chi connectivity index (χ1v) is 3.89. The second kappa shape index (κ2) is 3.56. The third kappa shape index (κ3) is 1.75. The minimum atomic E-state index is -0.604. The largest absolute Gasteiger partial charge is 0.399 e. The lowest BCUT2D eigenvalue weighted by molar-refractivity contribution is 0.187. The van der Waals surface area contributed by atoms with Crippen LogP contribution in [0.5, 0.6) is 0 Å². The van der Waals surface area contributed by atoms with E-state index in [1.165, 1.54) is 0 Å². The van der Waals surface area contributed by atoms with Crippen molar-refractivity contribution in [2.75, 3.05) is 12.3 Å². The maximum Gasteiger partial charge on any atom is 0.0912 e. The predicted molar refractivity (Wildman–Crippen MR) is 49.6 cm³/mol. The summed E-state index contributed by atoms with van der Waals surface area (Å²) in [6.07, 6.45) is -0.604. The fourth-order valence-corrected chi connectivity index (χ4v) is 1.00. The van der Waals surface area contributed by atoms with Gasteiger partial charge >= 0.3 is 0 Å². The van der Waals surface area contributed by atoms with Crippen LogP contribution in [-0.4, -0.2) is 11.7 Å². The molecule has 0 saturated heterocycles. The van der Waals surface area contributed by atoms with Crippen LogP contribution in [0.25, 0.3) is 0 Å². The first-order chi connectivity index (χ1) is 5.65. The van der Waals surface area contributed by atoms with Gasteiger partial charge in [0.25, 0.3) is 0 Å². The van der Waals surface area contributed by atoms with Crippen molar-refractivity contribution in [3.05, 3.63) is 29.3 Å². The third-order valence-corrected chi connectivity index (χ3v) is 1.91. The molecule has 1 unspecified atom stereocenters. The standard InChI is InChI=1S/C9H14N2O/c1-6-2-3-7(4-8(6)11)9(12)5-10/h2-4,9,12H,5,10-11H2,1H3. The topological polar surface area (TPSA) is 72.3 Å². The van der Waals surface area contributed by atoms with Gasteiger partial charge in [0.2, 0.25) is 0 Å². The van der Waals surface area contributed by atoms with Crippen LogP contribution in [0.15, 0.2) is 18.2 Å². The van der Waals surface area contributed by atoms with Crippen LogP contribution in [0, 0.1) is 6.92 Å². The van der Waals surface area contributed by atoms with E-state index in [0.29, 0.717) is 5.69 Å². The molecule has 0 aliphatic rings. The molecule has 3 nitrogen and oxygen atoms in total. The van der Waals surface area contributed by atoms with Gasteiger partial charge in [-0.25, -0.2) is 0 Å². The summed E-state index contributed by atoms with van der Waals surface area (Å²) in [4.78, 5) is 0. The minimum Gasteiger partial charge on any atom is -0.399 e. The molecule has 0 amide bonds. The van der Waals surface area contributed by atoms with E-state index in [1.807, 2.05) is 19.1 Å². The zero-order valence-electron chi connectivity index (χ0n) is 7.12. The molecule has 0 aliphatic carbocycles. The number of nitrogen functional groups attached to an aromatic ring is 1. The van der Waals surface area contributed by atoms with Crippen LogP contribution in [0.3, 0.4) is 0 Å². The number of benzene rings is 1. The summed E-state index contributed by atoms with van der Waals surface area (Å²) in [5.74, 6) is 0. The molecule has 0 saturated carbocycles. The zero-order chi connectivity index (χ0) is 9.14. The molecule has 66 valence electrons. The molecule has 1 atom stereocenters. The lowest BCUT2D eigenvalue weighted by Gasteiger charge is -2.09. The fraction of sp³-hybridized carbons (Fsp3) is 0.333. The summed E-state index contributed by atoms with van der Waals surface area (Å²) < 4.78 is 0. The van der Waals surface area contributed by atoms with Gasteiger partial charge in [-0.05, 0) is 24.1 Å². The van der Waals surface area contributed by atoms with Crippen molar-refractivity contribution in [2.24, 2.45) is 5.73 Å². The molecule has 1 aromatic carbocycles. The van der Waals surface area contributed by atoms with Crippen molar-refractivity contribution in [3.8, 4) is 0 Å². The average molecular weight is 166 g/mol. The van der Waals surface area contributed by atoms with E-state index >= 15 is 0 Å². The van der Waals surface area contributed by atoms with E-state index in [-0.39, 0.29) is 6.54 Å². The highest BCUT2D eigenvalue weighted by Gasteiger charge is 2.05. The van der Waals surface area contributed by atoms with Crippen molar-refractivity contribution < 1.29 is 5.11 Å². The highest BCUT2D eigenvalue weighted by molar-refractivity contribution is 5.48. The van der Waals surface area contributed by atoms with Crippen molar-refractivity contribution in [1.29, 1.82) is 0 Å². The van der Waals surface area contributed by atoms with E-state index in [1.54, 1.807) is 6.07 Å². The number of hydrogen-bond donors (Lipinski definition) is 3. The number of anilines is 1. The van der Waals surface area contributed by atoms with Crippen molar-refractivity contribution in [1.82, 2.24) is 0 Å². The van der Waals surface area contributed by atoms with Gasteiger partial charge in [0.1, 0.15) is 0 Å². The first-order valence-electron chi connectivity index (χ1n) is 3.89. The molecule has 0 aliphatic heterocycles. The lowest BCUT2D eigenvalue weighted by Crippen LogP contribution is -2.11. The van der Waals surface area contributed by atoms with Gasteiger partial charge < -0.3 is 16.6 Å². The number of rotatable bonds is 2. The van der Waals surface area contributed by atoms with E-state index in [9.17, 15) is 5.11 Å². The molecule has 0 heterocycles. The van der Waals surface area contributed by atoms with Crippen LogP contribution >= 0.6 is 0 Å². The monoisotopic (exact) mass is 166 g/mol. The number of aliphatic hydroxyl groups is 1. The Bertz CT molecular complexity index is 273. The summed E-state index contributed by atoms with van der Waals surface area (Å²) in [5, 5.41) is 9.36. The second-order valence-corrected chi connectivity index (χ2v) is 2.87. The number of aliphatic hydroxyl groups excluding tert-OH is 1. The van der Waals surface area contributed by atoms with Gasteiger partial charge in [0, 0.05) is 12.2 Å². The average Bonchev–Trinajstić information content (AvgIpc) is 2.08. The Hall–Kier alpha value is -1.06. The van der Waals surface area contributed by atoms with Gasteiger partial charge in [0.15, 0.2) is 0 Å². The Morgan fingerprint density at radius 1 is 1.50 bits per heavy atom. The molecule has 0 bridgehead atoms. The van der Waals surface area contributed by atoms with Crippen LogP contribution in [0.4, 0.5) is 5.69 Å². The summed E-state index contributed by atoms with van der Waals surface area (Å²) in [6, 6.07) is 5.47. The number of nitrogens with two attached hydrogens (primary N) is 2. The molecule has 1 rings (SSSR count). The smallest absolute Gasteiger partial charge is 0.0912 e. The molecular formula is C9H14N2O. The molecule has 0 radical (unpaired) electrons. The molecule has 0 spiro atoms. The first kappa shape index (κ1) is 9.03. The normalized spacial score (nSPS) is 12.9. The summed E-state index contributed by atoms with van der Waals surface area (Å²) >= 11 is 0. The molecule has 0 fully saturated rings. The Labute approximate surface area is 72.0 Å². The van der Waals surface area contributed by atoms with Crippen LogP contribution in [-0.2, 0) is 0 Å². The second-order valence-electron chi connectivity index (χ2n) is 2.87. The van der Waals surface area contributed by atoms with E-state index in [2.05, 4.69) is 0 Å². The van der Waals surface area contributed by atoms with Gasteiger partial charge in [0.05, 0.1) is 6.10 Å².